The Balaban J connectivity index is 2.10. The Morgan fingerprint density at radius 1 is 1.28 bits per heavy atom. The largest absolute Gasteiger partial charge is 0.468 e. The molecule has 0 saturated carbocycles. The van der Waals surface area contributed by atoms with Crippen LogP contribution in [0, 0.1) is 0 Å². The SMILES string of the molecule is CN(Cc1ccco1)C(CN)c1ccc(Cl)cc1. The lowest BCUT2D eigenvalue weighted by Crippen LogP contribution is -2.30. The van der Waals surface area contributed by atoms with Gasteiger partial charge in [-0.25, -0.2) is 0 Å². The maximum absolute atomic E-state index is 5.89. The summed E-state index contributed by atoms with van der Waals surface area (Å²) < 4.78 is 5.35. The van der Waals surface area contributed by atoms with E-state index in [0.717, 1.165) is 22.9 Å². The molecule has 2 aromatic rings. The summed E-state index contributed by atoms with van der Waals surface area (Å²) >= 11 is 5.89. The molecule has 1 unspecified atom stereocenters. The molecule has 2 rings (SSSR count). The Morgan fingerprint density at radius 2 is 2.00 bits per heavy atom. The molecule has 2 N–H and O–H groups in total. The highest BCUT2D eigenvalue weighted by molar-refractivity contribution is 6.30. The number of nitrogens with two attached hydrogens (primary N) is 1. The van der Waals surface area contributed by atoms with Gasteiger partial charge in [-0.3, -0.25) is 4.90 Å². The first kappa shape index (κ1) is 13.1. The fourth-order valence-electron chi connectivity index (χ4n) is 2.01. The van der Waals surface area contributed by atoms with Gasteiger partial charge in [0.1, 0.15) is 5.76 Å². The van der Waals surface area contributed by atoms with E-state index in [0.29, 0.717) is 6.54 Å². The second-order valence-electron chi connectivity index (χ2n) is 4.30. The van der Waals surface area contributed by atoms with E-state index >= 15 is 0 Å². The van der Waals surface area contributed by atoms with Gasteiger partial charge in [0.05, 0.1) is 12.8 Å². The zero-order chi connectivity index (χ0) is 13.0. The highest BCUT2D eigenvalue weighted by atomic mass is 35.5. The van der Waals surface area contributed by atoms with Gasteiger partial charge in [0.2, 0.25) is 0 Å². The molecule has 4 heteroatoms. The second-order valence-corrected chi connectivity index (χ2v) is 4.73. The zero-order valence-corrected chi connectivity index (χ0v) is 11.1. The van der Waals surface area contributed by atoms with E-state index in [-0.39, 0.29) is 6.04 Å². The molecule has 0 aliphatic carbocycles. The van der Waals surface area contributed by atoms with Gasteiger partial charge in [-0.1, -0.05) is 23.7 Å². The molecule has 3 nitrogen and oxygen atoms in total. The van der Waals surface area contributed by atoms with Gasteiger partial charge in [0.15, 0.2) is 0 Å². The van der Waals surface area contributed by atoms with Crippen LogP contribution in [0.1, 0.15) is 17.4 Å². The average Bonchev–Trinajstić information content (AvgIpc) is 2.85. The van der Waals surface area contributed by atoms with Crippen LogP contribution in [0.5, 0.6) is 0 Å². The van der Waals surface area contributed by atoms with Crippen LogP contribution in [0.4, 0.5) is 0 Å². The van der Waals surface area contributed by atoms with Crippen molar-refractivity contribution in [2.45, 2.75) is 12.6 Å². The van der Waals surface area contributed by atoms with Crippen LogP contribution in [0.3, 0.4) is 0 Å². The number of furan rings is 1. The van der Waals surface area contributed by atoms with E-state index in [1.807, 2.05) is 43.4 Å². The van der Waals surface area contributed by atoms with Gasteiger partial charge in [0, 0.05) is 17.6 Å². The standard InChI is InChI=1S/C14H17ClN2O/c1-17(10-13-3-2-8-18-13)14(9-16)11-4-6-12(15)7-5-11/h2-8,14H,9-10,16H2,1H3. The Labute approximate surface area is 112 Å². The first-order valence-corrected chi connectivity index (χ1v) is 6.26. The number of rotatable bonds is 5. The quantitative estimate of drug-likeness (QED) is 0.903. The molecule has 0 aliphatic heterocycles. The van der Waals surface area contributed by atoms with Crippen LogP contribution >= 0.6 is 11.6 Å². The predicted molar refractivity (Wildman–Crippen MR) is 73.4 cm³/mol. The summed E-state index contributed by atoms with van der Waals surface area (Å²) in [5, 5.41) is 0.739. The third kappa shape index (κ3) is 3.13. The minimum absolute atomic E-state index is 0.160. The molecular formula is C14H17ClN2O. The first-order valence-electron chi connectivity index (χ1n) is 5.89. The minimum Gasteiger partial charge on any atom is -0.468 e. The summed E-state index contributed by atoms with van der Waals surface area (Å²) in [6.45, 7) is 1.29. The molecule has 0 amide bonds. The Kier molecular flexibility index (Phi) is 4.42. The molecule has 0 radical (unpaired) electrons. The molecule has 0 fully saturated rings. The van der Waals surface area contributed by atoms with Crippen molar-refractivity contribution in [3.63, 3.8) is 0 Å². The van der Waals surface area contributed by atoms with Crippen LogP contribution in [0.15, 0.2) is 47.1 Å². The second kappa shape index (κ2) is 6.05. The molecule has 1 aromatic heterocycles. The summed E-state index contributed by atoms with van der Waals surface area (Å²) in [5.41, 5.74) is 7.03. The van der Waals surface area contributed by atoms with E-state index < -0.39 is 0 Å². The van der Waals surface area contributed by atoms with E-state index in [1.54, 1.807) is 6.26 Å². The fourth-order valence-corrected chi connectivity index (χ4v) is 2.14. The molecule has 1 atom stereocenters. The highest BCUT2D eigenvalue weighted by Gasteiger charge is 2.16. The third-order valence-corrected chi connectivity index (χ3v) is 3.25. The molecule has 0 spiro atoms. The van der Waals surface area contributed by atoms with Gasteiger partial charge in [0.25, 0.3) is 0 Å². The monoisotopic (exact) mass is 264 g/mol. The lowest BCUT2D eigenvalue weighted by Gasteiger charge is -2.26. The summed E-state index contributed by atoms with van der Waals surface area (Å²) in [5.74, 6) is 0.935. The van der Waals surface area contributed by atoms with Gasteiger partial charge in [-0.2, -0.15) is 0 Å². The molecule has 1 aromatic carbocycles. The molecule has 0 saturated heterocycles. The number of benzene rings is 1. The van der Waals surface area contributed by atoms with Crippen molar-refractivity contribution in [3.05, 3.63) is 59.0 Å². The van der Waals surface area contributed by atoms with Crippen molar-refractivity contribution in [3.8, 4) is 0 Å². The number of likely N-dealkylation sites (N-methyl/N-ethyl adjacent to an activating group) is 1. The Bertz CT molecular complexity index is 467. The molecule has 96 valence electrons. The lowest BCUT2D eigenvalue weighted by molar-refractivity contribution is 0.223. The van der Waals surface area contributed by atoms with E-state index in [2.05, 4.69) is 4.90 Å². The maximum atomic E-state index is 5.89. The van der Waals surface area contributed by atoms with Crippen LogP contribution in [-0.4, -0.2) is 18.5 Å². The van der Waals surface area contributed by atoms with Gasteiger partial charge >= 0.3 is 0 Å². The van der Waals surface area contributed by atoms with Crippen molar-refractivity contribution in [2.24, 2.45) is 5.73 Å². The normalized spacial score (nSPS) is 12.9. The number of nitrogens with zero attached hydrogens (tertiary/aromatic N) is 1. The summed E-state index contributed by atoms with van der Waals surface area (Å²) in [6, 6.07) is 11.8. The van der Waals surface area contributed by atoms with Crippen molar-refractivity contribution in [2.75, 3.05) is 13.6 Å². The van der Waals surface area contributed by atoms with Crippen LogP contribution in [-0.2, 0) is 6.54 Å². The van der Waals surface area contributed by atoms with Gasteiger partial charge in [-0.15, -0.1) is 0 Å². The van der Waals surface area contributed by atoms with Crippen molar-refractivity contribution in [1.29, 1.82) is 0 Å². The molecular weight excluding hydrogens is 248 g/mol. The van der Waals surface area contributed by atoms with E-state index in [4.69, 9.17) is 21.8 Å². The molecule has 18 heavy (non-hydrogen) atoms. The molecule has 0 bridgehead atoms. The number of halogens is 1. The highest BCUT2D eigenvalue weighted by Crippen LogP contribution is 2.22. The van der Waals surface area contributed by atoms with Crippen molar-refractivity contribution in [1.82, 2.24) is 4.90 Å². The molecule has 1 heterocycles. The van der Waals surface area contributed by atoms with Gasteiger partial charge < -0.3 is 10.2 Å². The summed E-state index contributed by atoms with van der Waals surface area (Å²) in [7, 11) is 2.04. The van der Waals surface area contributed by atoms with E-state index in [1.165, 1.54) is 0 Å². The Hall–Kier alpha value is -1.29. The van der Waals surface area contributed by atoms with Crippen LogP contribution < -0.4 is 5.73 Å². The van der Waals surface area contributed by atoms with E-state index in [9.17, 15) is 0 Å². The number of hydrogen-bond acceptors (Lipinski definition) is 3. The third-order valence-electron chi connectivity index (χ3n) is 3.00. The minimum atomic E-state index is 0.160. The predicted octanol–water partition coefficient (Wildman–Crippen LogP) is 3.06. The lowest BCUT2D eigenvalue weighted by atomic mass is 10.1. The summed E-state index contributed by atoms with van der Waals surface area (Å²) in [4.78, 5) is 2.17. The first-order chi connectivity index (χ1) is 8.70. The zero-order valence-electron chi connectivity index (χ0n) is 10.3. The summed E-state index contributed by atoms with van der Waals surface area (Å²) in [6.07, 6.45) is 1.68. The topological polar surface area (TPSA) is 42.4 Å². The van der Waals surface area contributed by atoms with Crippen molar-refractivity contribution >= 4 is 11.6 Å². The maximum Gasteiger partial charge on any atom is 0.117 e. The average molecular weight is 265 g/mol. The van der Waals surface area contributed by atoms with Gasteiger partial charge in [-0.05, 0) is 36.9 Å². The molecule has 0 aliphatic rings. The van der Waals surface area contributed by atoms with Crippen molar-refractivity contribution < 1.29 is 4.42 Å². The smallest absolute Gasteiger partial charge is 0.117 e. The Morgan fingerprint density at radius 3 is 2.56 bits per heavy atom. The fraction of sp³-hybridized carbons (Fsp3) is 0.286. The van der Waals surface area contributed by atoms with Crippen LogP contribution in [0.25, 0.3) is 0 Å². The number of hydrogen-bond donors (Lipinski definition) is 1. The van der Waals surface area contributed by atoms with Crippen LogP contribution in [0.2, 0.25) is 5.02 Å².